The summed E-state index contributed by atoms with van der Waals surface area (Å²) in [7, 11) is -1.53. The lowest BCUT2D eigenvalue weighted by Crippen LogP contribution is -2.61. The average Bonchev–Trinajstić information content (AvgIpc) is 2.90. The van der Waals surface area contributed by atoms with Crippen LogP contribution in [0.15, 0.2) is 24.3 Å². The lowest BCUT2D eigenvalue weighted by molar-refractivity contribution is 0.0297. The SMILES string of the molecule is COc1ccc(C(=O)N2CCN(CC(C)C)[C@@H]3CS(=O)(=O)C[C@@H]32)cc1. The third-order valence-corrected chi connectivity index (χ3v) is 6.69. The zero-order valence-corrected chi connectivity index (χ0v) is 15.8. The van der Waals surface area contributed by atoms with E-state index in [1.165, 1.54) is 0 Å². The van der Waals surface area contributed by atoms with Gasteiger partial charge in [-0.3, -0.25) is 9.69 Å². The number of hydrogen-bond acceptors (Lipinski definition) is 5. The molecule has 0 bridgehead atoms. The van der Waals surface area contributed by atoms with Gasteiger partial charge in [0.05, 0.1) is 24.7 Å². The van der Waals surface area contributed by atoms with Crippen molar-refractivity contribution in [1.82, 2.24) is 9.80 Å². The molecule has 0 radical (unpaired) electrons. The Hall–Kier alpha value is -1.60. The van der Waals surface area contributed by atoms with E-state index in [2.05, 4.69) is 18.7 Å². The lowest BCUT2D eigenvalue weighted by atomic mass is 10.0. The zero-order chi connectivity index (χ0) is 18.2. The summed E-state index contributed by atoms with van der Waals surface area (Å²) >= 11 is 0. The Kier molecular flexibility index (Phi) is 5.06. The van der Waals surface area contributed by atoms with Gasteiger partial charge in [0.15, 0.2) is 9.84 Å². The first-order chi connectivity index (χ1) is 11.8. The predicted molar refractivity (Wildman–Crippen MR) is 96.7 cm³/mol. The second-order valence-electron chi connectivity index (χ2n) is 7.33. The van der Waals surface area contributed by atoms with Gasteiger partial charge >= 0.3 is 0 Å². The number of amides is 1. The van der Waals surface area contributed by atoms with Gasteiger partial charge in [0, 0.05) is 31.2 Å². The highest BCUT2D eigenvalue weighted by Gasteiger charge is 2.48. The van der Waals surface area contributed by atoms with Gasteiger partial charge in [-0.2, -0.15) is 0 Å². The minimum absolute atomic E-state index is 0.0636. The van der Waals surface area contributed by atoms with Crippen molar-refractivity contribution in [2.45, 2.75) is 25.9 Å². The van der Waals surface area contributed by atoms with E-state index in [0.717, 1.165) is 13.1 Å². The molecular weight excluding hydrogens is 340 g/mol. The molecule has 3 rings (SSSR count). The molecule has 7 heteroatoms. The molecule has 25 heavy (non-hydrogen) atoms. The summed E-state index contributed by atoms with van der Waals surface area (Å²) in [6.45, 7) is 6.41. The Bertz CT molecular complexity index is 730. The smallest absolute Gasteiger partial charge is 0.254 e. The summed E-state index contributed by atoms with van der Waals surface area (Å²) in [5.74, 6) is 1.27. The molecule has 0 spiro atoms. The Morgan fingerprint density at radius 1 is 1.16 bits per heavy atom. The van der Waals surface area contributed by atoms with Crippen LogP contribution < -0.4 is 4.74 Å². The van der Waals surface area contributed by atoms with Gasteiger partial charge in [0.25, 0.3) is 5.91 Å². The first-order valence-corrected chi connectivity index (χ1v) is 10.5. The zero-order valence-electron chi connectivity index (χ0n) is 15.0. The topological polar surface area (TPSA) is 66.9 Å². The molecule has 0 N–H and O–H groups in total. The fourth-order valence-corrected chi connectivity index (χ4v) is 5.88. The molecule has 2 fully saturated rings. The lowest BCUT2D eigenvalue weighted by Gasteiger charge is -2.44. The maximum atomic E-state index is 13.0. The normalized spacial score (nSPS) is 25.8. The third-order valence-electron chi connectivity index (χ3n) is 4.99. The molecule has 1 aromatic carbocycles. The Balaban J connectivity index is 1.83. The summed E-state index contributed by atoms with van der Waals surface area (Å²) in [6.07, 6.45) is 0. The number of sulfone groups is 1. The number of benzene rings is 1. The van der Waals surface area contributed by atoms with Gasteiger partial charge in [-0.15, -0.1) is 0 Å². The second kappa shape index (κ2) is 6.96. The van der Waals surface area contributed by atoms with Crippen LogP contribution >= 0.6 is 0 Å². The minimum Gasteiger partial charge on any atom is -0.497 e. The molecular formula is C18H26N2O4S. The Morgan fingerprint density at radius 3 is 2.40 bits per heavy atom. The van der Waals surface area contributed by atoms with Crippen LogP contribution in [0.25, 0.3) is 0 Å². The van der Waals surface area contributed by atoms with Crippen LogP contribution in [0.1, 0.15) is 24.2 Å². The van der Waals surface area contributed by atoms with Crippen molar-refractivity contribution in [3.8, 4) is 5.75 Å². The highest BCUT2D eigenvalue weighted by molar-refractivity contribution is 7.91. The molecule has 2 saturated heterocycles. The largest absolute Gasteiger partial charge is 0.497 e. The van der Waals surface area contributed by atoms with Gasteiger partial charge in [-0.1, -0.05) is 13.8 Å². The number of carbonyl (C=O) groups excluding carboxylic acids is 1. The van der Waals surface area contributed by atoms with Crippen molar-refractivity contribution in [2.75, 3.05) is 38.2 Å². The molecule has 2 atom stereocenters. The number of rotatable bonds is 4. The standard InChI is InChI=1S/C18H26N2O4S/c1-13(2)10-19-8-9-20(17-12-25(22,23)11-16(17)19)18(21)14-4-6-15(24-3)7-5-14/h4-7,13,16-17H,8-12H2,1-3H3/t16-,17+/m1/s1. The van der Waals surface area contributed by atoms with E-state index < -0.39 is 9.84 Å². The first-order valence-electron chi connectivity index (χ1n) is 8.70. The number of piperazine rings is 1. The van der Waals surface area contributed by atoms with Crippen molar-refractivity contribution in [2.24, 2.45) is 5.92 Å². The number of hydrogen-bond donors (Lipinski definition) is 0. The highest BCUT2D eigenvalue weighted by atomic mass is 32.2. The Morgan fingerprint density at radius 2 is 1.80 bits per heavy atom. The van der Waals surface area contributed by atoms with Crippen molar-refractivity contribution in [3.63, 3.8) is 0 Å². The second-order valence-corrected chi connectivity index (χ2v) is 9.48. The van der Waals surface area contributed by atoms with Crippen LogP contribution in [0, 0.1) is 5.92 Å². The van der Waals surface area contributed by atoms with E-state index in [1.54, 1.807) is 36.3 Å². The van der Waals surface area contributed by atoms with E-state index in [4.69, 9.17) is 4.74 Å². The molecule has 0 unspecified atom stereocenters. The van der Waals surface area contributed by atoms with Crippen LogP contribution in [-0.4, -0.2) is 74.5 Å². The molecule has 138 valence electrons. The Labute approximate surface area is 149 Å². The molecule has 2 aliphatic heterocycles. The number of nitrogens with zero attached hydrogens (tertiary/aromatic N) is 2. The monoisotopic (exact) mass is 366 g/mol. The van der Waals surface area contributed by atoms with Gasteiger partial charge in [0.2, 0.25) is 0 Å². The average molecular weight is 366 g/mol. The molecule has 2 aliphatic rings. The van der Waals surface area contributed by atoms with Crippen molar-refractivity contribution in [1.29, 1.82) is 0 Å². The summed E-state index contributed by atoms with van der Waals surface area (Å²) in [4.78, 5) is 17.0. The summed E-state index contributed by atoms with van der Waals surface area (Å²) < 4.78 is 29.6. The summed E-state index contributed by atoms with van der Waals surface area (Å²) in [6, 6.07) is 6.63. The van der Waals surface area contributed by atoms with Crippen molar-refractivity contribution in [3.05, 3.63) is 29.8 Å². The number of methoxy groups -OCH3 is 1. The third kappa shape index (κ3) is 3.82. The molecule has 1 aromatic rings. The van der Waals surface area contributed by atoms with E-state index in [0.29, 0.717) is 23.8 Å². The van der Waals surface area contributed by atoms with Crippen molar-refractivity contribution < 1.29 is 17.9 Å². The molecule has 0 aromatic heterocycles. The van der Waals surface area contributed by atoms with Gasteiger partial charge in [-0.05, 0) is 30.2 Å². The minimum atomic E-state index is -3.11. The fraction of sp³-hybridized carbons (Fsp3) is 0.611. The van der Waals surface area contributed by atoms with Crippen LogP contribution in [0.3, 0.4) is 0 Å². The van der Waals surface area contributed by atoms with Gasteiger partial charge in [-0.25, -0.2) is 8.42 Å². The van der Waals surface area contributed by atoms with Crippen LogP contribution in [0.5, 0.6) is 5.75 Å². The van der Waals surface area contributed by atoms with E-state index in [1.807, 2.05) is 0 Å². The fourth-order valence-electron chi connectivity index (χ4n) is 3.87. The molecule has 0 aliphatic carbocycles. The van der Waals surface area contributed by atoms with E-state index in [9.17, 15) is 13.2 Å². The van der Waals surface area contributed by atoms with Gasteiger partial charge in [0.1, 0.15) is 5.75 Å². The number of fused-ring (bicyclic) bond motifs is 1. The van der Waals surface area contributed by atoms with E-state index >= 15 is 0 Å². The maximum absolute atomic E-state index is 13.0. The highest BCUT2D eigenvalue weighted by Crippen LogP contribution is 2.29. The molecule has 6 nitrogen and oxygen atoms in total. The predicted octanol–water partition coefficient (Wildman–Crippen LogP) is 1.27. The first kappa shape index (κ1) is 18.2. The molecule has 0 saturated carbocycles. The maximum Gasteiger partial charge on any atom is 0.254 e. The quantitative estimate of drug-likeness (QED) is 0.803. The van der Waals surface area contributed by atoms with Gasteiger partial charge < -0.3 is 9.64 Å². The molecule has 1 amide bonds. The number of carbonyl (C=O) groups is 1. The van der Waals surface area contributed by atoms with Crippen LogP contribution in [-0.2, 0) is 9.84 Å². The summed E-state index contributed by atoms with van der Waals surface area (Å²) in [5, 5.41) is 0. The van der Waals surface area contributed by atoms with Crippen LogP contribution in [0.2, 0.25) is 0 Å². The molecule has 2 heterocycles. The van der Waals surface area contributed by atoms with E-state index in [-0.39, 0.29) is 29.5 Å². The summed E-state index contributed by atoms with van der Waals surface area (Å²) in [5.41, 5.74) is 0.571. The van der Waals surface area contributed by atoms with Crippen molar-refractivity contribution >= 4 is 15.7 Å². The number of ether oxygens (including phenoxy) is 1. The van der Waals surface area contributed by atoms with Crippen LogP contribution in [0.4, 0.5) is 0 Å².